The van der Waals surface area contributed by atoms with Gasteiger partial charge in [-0.15, -0.1) is 0 Å². The number of carbonyl (C=O) groups excluding carboxylic acids is 2. The number of hydrogen-bond acceptors (Lipinski definition) is 3. The molecule has 0 bridgehead atoms. The van der Waals surface area contributed by atoms with E-state index >= 15 is 0 Å². The van der Waals surface area contributed by atoms with E-state index in [1.54, 1.807) is 6.07 Å². The third-order valence-electron chi connectivity index (χ3n) is 2.67. The van der Waals surface area contributed by atoms with Crippen molar-refractivity contribution in [2.24, 2.45) is 0 Å². The molecule has 3 nitrogen and oxygen atoms in total. The van der Waals surface area contributed by atoms with Gasteiger partial charge in [-0.2, -0.15) is 0 Å². The molecule has 1 unspecified atom stereocenters. The fourth-order valence-electron chi connectivity index (χ4n) is 2.00. The number of anilines is 1. The number of benzene rings is 1. The first-order chi connectivity index (χ1) is 8.88. The molecule has 0 spiro atoms. The van der Waals surface area contributed by atoms with Gasteiger partial charge in [0.2, 0.25) is 5.91 Å². The Morgan fingerprint density at radius 3 is 2.84 bits per heavy atom. The highest BCUT2D eigenvalue weighted by atomic mass is 127. The second-order valence-corrected chi connectivity index (χ2v) is 7.23. The molecule has 1 aromatic rings. The monoisotopic (exact) mass is 413 g/mol. The Labute approximate surface area is 133 Å². The molecular formula is C12H10ClFINO2S. The van der Waals surface area contributed by atoms with Crippen LogP contribution in [0, 0.1) is 9.39 Å². The summed E-state index contributed by atoms with van der Waals surface area (Å²) in [5.41, 5.74) is 0.252. The van der Waals surface area contributed by atoms with Crippen LogP contribution in [-0.2, 0) is 9.59 Å². The summed E-state index contributed by atoms with van der Waals surface area (Å²) in [4.78, 5) is 24.4. The van der Waals surface area contributed by atoms with Crippen molar-refractivity contribution >= 4 is 62.7 Å². The maximum absolute atomic E-state index is 14.0. The molecule has 1 aliphatic rings. The predicted molar refractivity (Wildman–Crippen MR) is 83.2 cm³/mol. The standard InChI is InChI=1S/C12H10ClFINO2S/c1-6(17)19-8-4-11(18)16(5-8)12-9(14)2-7(13)3-10(12)15/h2-3,8H,4-5H2,1H3. The lowest BCUT2D eigenvalue weighted by atomic mass is 10.3. The summed E-state index contributed by atoms with van der Waals surface area (Å²) >= 11 is 8.84. The van der Waals surface area contributed by atoms with Crippen molar-refractivity contribution in [3.05, 3.63) is 26.5 Å². The minimum absolute atomic E-state index is 0.0362. The molecule has 2 rings (SSSR count). The van der Waals surface area contributed by atoms with Gasteiger partial charge in [0.05, 0.1) is 5.69 Å². The summed E-state index contributed by atoms with van der Waals surface area (Å²) in [6, 6.07) is 2.80. The van der Waals surface area contributed by atoms with Crippen molar-refractivity contribution < 1.29 is 14.0 Å². The molecule has 0 aromatic heterocycles. The van der Waals surface area contributed by atoms with E-state index in [1.807, 2.05) is 22.6 Å². The zero-order valence-corrected chi connectivity index (χ0v) is 13.7. The molecule has 0 aliphatic carbocycles. The van der Waals surface area contributed by atoms with Crippen molar-refractivity contribution in [3.63, 3.8) is 0 Å². The number of amides is 1. The molecule has 1 amide bonds. The van der Waals surface area contributed by atoms with Gasteiger partial charge in [-0.05, 0) is 34.7 Å². The van der Waals surface area contributed by atoms with E-state index in [9.17, 15) is 14.0 Å². The molecule has 0 N–H and O–H groups in total. The van der Waals surface area contributed by atoms with E-state index in [0.717, 1.165) is 11.8 Å². The lowest BCUT2D eigenvalue weighted by molar-refractivity contribution is -0.117. The van der Waals surface area contributed by atoms with Crippen molar-refractivity contribution in [2.45, 2.75) is 18.6 Å². The molecule has 1 aromatic carbocycles. The van der Waals surface area contributed by atoms with E-state index in [1.165, 1.54) is 17.9 Å². The van der Waals surface area contributed by atoms with Gasteiger partial charge in [0, 0.05) is 33.7 Å². The normalized spacial score (nSPS) is 19.1. The minimum Gasteiger partial charge on any atom is -0.308 e. The maximum atomic E-state index is 14.0. The quantitative estimate of drug-likeness (QED) is 0.697. The summed E-state index contributed by atoms with van der Waals surface area (Å²) in [6.07, 6.45) is 0.252. The molecule has 1 heterocycles. The third kappa shape index (κ3) is 3.41. The highest BCUT2D eigenvalue weighted by molar-refractivity contribution is 14.1. The minimum atomic E-state index is -0.515. The summed E-state index contributed by atoms with van der Waals surface area (Å²) in [6.45, 7) is 1.81. The smallest absolute Gasteiger partial charge is 0.228 e. The van der Waals surface area contributed by atoms with Gasteiger partial charge in [0.25, 0.3) is 0 Å². The molecular weight excluding hydrogens is 404 g/mol. The molecule has 1 atom stereocenters. The second-order valence-electron chi connectivity index (χ2n) is 4.16. The Morgan fingerprint density at radius 1 is 1.58 bits per heavy atom. The van der Waals surface area contributed by atoms with Crippen LogP contribution in [0.1, 0.15) is 13.3 Å². The third-order valence-corrected chi connectivity index (χ3v) is 4.70. The van der Waals surface area contributed by atoms with Gasteiger partial charge in [-0.25, -0.2) is 4.39 Å². The highest BCUT2D eigenvalue weighted by Crippen LogP contribution is 2.34. The summed E-state index contributed by atoms with van der Waals surface area (Å²) in [7, 11) is 0. The lowest BCUT2D eigenvalue weighted by Gasteiger charge is -2.19. The SMILES string of the molecule is CC(=O)SC1CC(=O)N(c2c(F)cc(Cl)cc2I)C1. The van der Waals surface area contributed by atoms with Crippen LogP contribution in [0.2, 0.25) is 5.02 Å². The van der Waals surface area contributed by atoms with Crippen LogP contribution in [0.4, 0.5) is 10.1 Å². The van der Waals surface area contributed by atoms with Gasteiger partial charge in [0.15, 0.2) is 5.12 Å². The number of nitrogens with zero attached hydrogens (tertiary/aromatic N) is 1. The summed E-state index contributed by atoms with van der Waals surface area (Å²) in [5, 5.41) is 0.147. The molecule has 102 valence electrons. The molecule has 1 fully saturated rings. The number of rotatable bonds is 2. The predicted octanol–water partition coefficient (Wildman–Crippen LogP) is 3.47. The zero-order chi connectivity index (χ0) is 14.2. The van der Waals surface area contributed by atoms with Gasteiger partial charge in [-0.3, -0.25) is 9.59 Å². The molecule has 0 radical (unpaired) electrons. The fraction of sp³-hybridized carbons (Fsp3) is 0.333. The Bertz CT molecular complexity index is 532. The highest BCUT2D eigenvalue weighted by Gasteiger charge is 2.34. The molecule has 1 saturated heterocycles. The molecule has 19 heavy (non-hydrogen) atoms. The van der Waals surface area contributed by atoms with Crippen molar-refractivity contribution in [2.75, 3.05) is 11.4 Å². The van der Waals surface area contributed by atoms with Gasteiger partial charge < -0.3 is 4.90 Å². The first kappa shape index (κ1) is 15.1. The Hall–Kier alpha value is -0.340. The average Bonchev–Trinajstić information content (AvgIpc) is 2.57. The van der Waals surface area contributed by atoms with E-state index in [2.05, 4.69) is 0 Å². The van der Waals surface area contributed by atoms with Crippen LogP contribution in [0.15, 0.2) is 12.1 Å². The largest absolute Gasteiger partial charge is 0.308 e. The van der Waals surface area contributed by atoms with E-state index in [4.69, 9.17) is 11.6 Å². The van der Waals surface area contributed by atoms with Crippen molar-refractivity contribution in [3.8, 4) is 0 Å². The van der Waals surface area contributed by atoms with Gasteiger partial charge in [-0.1, -0.05) is 23.4 Å². The van der Waals surface area contributed by atoms with E-state index in [0.29, 0.717) is 15.1 Å². The number of hydrogen-bond donors (Lipinski definition) is 0. The summed E-state index contributed by atoms with van der Waals surface area (Å²) < 4.78 is 14.6. The van der Waals surface area contributed by atoms with Gasteiger partial charge >= 0.3 is 0 Å². The van der Waals surface area contributed by atoms with Crippen LogP contribution in [0.3, 0.4) is 0 Å². The van der Waals surface area contributed by atoms with Crippen LogP contribution < -0.4 is 4.90 Å². The van der Waals surface area contributed by atoms with Crippen LogP contribution in [0.5, 0.6) is 0 Å². The second kappa shape index (κ2) is 5.97. The Balaban J connectivity index is 2.28. The van der Waals surface area contributed by atoms with Crippen molar-refractivity contribution in [1.82, 2.24) is 0 Å². The maximum Gasteiger partial charge on any atom is 0.228 e. The Kier molecular flexibility index (Phi) is 4.73. The first-order valence-electron chi connectivity index (χ1n) is 5.50. The molecule has 1 aliphatic heterocycles. The van der Waals surface area contributed by atoms with E-state index < -0.39 is 5.82 Å². The lowest BCUT2D eigenvalue weighted by Crippen LogP contribution is -2.27. The van der Waals surface area contributed by atoms with Crippen LogP contribution in [-0.4, -0.2) is 22.8 Å². The van der Waals surface area contributed by atoms with Gasteiger partial charge in [0.1, 0.15) is 5.82 Å². The first-order valence-corrected chi connectivity index (χ1v) is 7.84. The molecule has 7 heteroatoms. The number of halogens is 3. The zero-order valence-electron chi connectivity index (χ0n) is 9.95. The fourth-order valence-corrected chi connectivity index (χ4v) is 4.19. The topological polar surface area (TPSA) is 37.4 Å². The summed E-state index contributed by atoms with van der Waals surface area (Å²) in [5.74, 6) is -0.684. The van der Waals surface area contributed by atoms with E-state index in [-0.39, 0.29) is 28.4 Å². The number of thioether (sulfide) groups is 1. The van der Waals surface area contributed by atoms with Crippen LogP contribution >= 0.6 is 46.0 Å². The van der Waals surface area contributed by atoms with Crippen molar-refractivity contribution in [1.29, 1.82) is 0 Å². The van der Waals surface area contributed by atoms with Crippen LogP contribution in [0.25, 0.3) is 0 Å². The Morgan fingerprint density at radius 2 is 2.26 bits per heavy atom. The average molecular weight is 414 g/mol. The molecule has 0 saturated carbocycles. The number of carbonyl (C=O) groups is 2.